The number of aromatic nitrogens is 2. The van der Waals surface area contributed by atoms with Gasteiger partial charge in [-0.05, 0) is 79.2 Å². The zero-order chi connectivity index (χ0) is 28.0. The molecule has 3 aromatic rings. The Morgan fingerprint density at radius 1 is 1.02 bits per heavy atom. The van der Waals surface area contributed by atoms with E-state index < -0.39 is 0 Å². The number of fused-ring (bicyclic) bond motifs is 1. The molecule has 0 spiro atoms. The molecule has 1 aromatic heterocycles. The summed E-state index contributed by atoms with van der Waals surface area (Å²) < 4.78 is 7.81. The fourth-order valence-corrected chi connectivity index (χ4v) is 5.74. The van der Waals surface area contributed by atoms with Gasteiger partial charge in [0, 0.05) is 30.4 Å². The van der Waals surface area contributed by atoms with Gasteiger partial charge in [0.25, 0.3) is 5.91 Å². The van der Waals surface area contributed by atoms with E-state index in [-0.39, 0.29) is 18.1 Å². The van der Waals surface area contributed by atoms with Gasteiger partial charge >= 0.3 is 0 Å². The number of piperidine rings is 1. The van der Waals surface area contributed by atoms with E-state index in [2.05, 4.69) is 33.5 Å². The summed E-state index contributed by atoms with van der Waals surface area (Å²) in [6.45, 7) is 4.81. The topological polar surface area (TPSA) is 76.5 Å². The lowest BCUT2D eigenvalue weighted by atomic mass is 9.93. The summed E-state index contributed by atoms with van der Waals surface area (Å²) in [5, 5.41) is 7.29. The van der Waals surface area contributed by atoms with Crippen molar-refractivity contribution in [3.8, 4) is 5.75 Å². The summed E-state index contributed by atoms with van der Waals surface area (Å²) in [6.07, 6.45) is 14.9. The van der Waals surface area contributed by atoms with E-state index in [1.54, 1.807) is 29.2 Å². The zero-order valence-electron chi connectivity index (χ0n) is 23.4. The summed E-state index contributed by atoms with van der Waals surface area (Å²) in [7, 11) is 0. The normalized spacial score (nSPS) is 17.0. The number of amides is 1. The molecule has 41 heavy (non-hydrogen) atoms. The van der Waals surface area contributed by atoms with Crippen LogP contribution in [0.25, 0.3) is 6.08 Å². The minimum atomic E-state index is -0.244. The Hall–Kier alpha value is -4.23. The van der Waals surface area contributed by atoms with Crippen LogP contribution < -0.4 is 10.1 Å². The van der Waals surface area contributed by atoms with Crippen LogP contribution in [0.15, 0.2) is 89.9 Å². The standard InChI is InChI=1S/C34H36N4O3/c39-33-13-11-30(36-34(40)29-22-35-38(24-29)23-25-8-3-1-4-9-25)21-32(33)28-18-26-10-12-31(20-27(26)19-28)41-17-7-16-37-14-5-2-6-15-37/h1,3-4,8-12,19-22,24H,2,5-7,13-18,23H2,(H,36,40). The number of hydrogen-bond donors (Lipinski definition) is 1. The van der Waals surface area contributed by atoms with Crippen LogP contribution in [0, 0.1) is 0 Å². The van der Waals surface area contributed by atoms with Crippen molar-refractivity contribution in [2.24, 2.45) is 0 Å². The van der Waals surface area contributed by atoms with Crippen LogP contribution in [-0.2, 0) is 17.8 Å². The average Bonchev–Trinajstić information content (AvgIpc) is 3.64. The molecule has 1 saturated heterocycles. The average molecular weight is 549 g/mol. The molecule has 6 rings (SSSR count). The quantitative estimate of drug-likeness (QED) is 0.346. The number of Topliss-reactive ketones (excluding diaryl/α,β-unsaturated/α-hetero) is 1. The second-order valence-electron chi connectivity index (χ2n) is 11.0. The molecular formula is C34H36N4O3. The Labute approximate surface area is 241 Å². The van der Waals surface area contributed by atoms with E-state index in [1.807, 2.05) is 36.4 Å². The molecule has 2 aromatic carbocycles. The fraction of sp³-hybridized carbons (Fsp3) is 0.324. The minimum absolute atomic E-state index is 0.0620. The van der Waals surface area contributed by atoms with Gasteiger partial charge in [-0.25, -0.2) is 0 Å². The number of hydrogen-bond acceptors (Lipinski definition) is 5. The van der Waals surface area contributed by atoms with Gasteiger partial charge in [0.1, 0.15) is 5.75 Å². The number of allylic oxidation sites excluding steroid dienone is 4. The predicted molar refractivity (Wildman–Crippen MR) is 160 cm³/mol. The van der Waals surface area contributed by atoms with Gasteiger partial charge in [-0.3, -0.25) is 14.3 Å². The molecular weight excluding hydrogens is 512 g/mol. The number of rotatable bonds is 10. The maximum absolute atomic E-state index is 13.0. The van der Waals surface area contributed by atoms with Crippen LogP contribution in [0.3, 0.4) is 0 Å². The SMILES string of the molecule is O=C1CC=C(NC(=O)c2cnn(Cc3ccccc3)c2)C=C1C1=Cc2cc(OCCCN3CCCCC3)ccc2C1. The zero-order valence-corrected chi connectivity index (χ0v) is 23.4. The first-order chi connectivity index (χ1) is 20.1. The lowest BCUT2D eigenvalue weighted by Gasteiger charge is -2.26. The monoisotopic (exact) mass is 548 g/mol. The van der Waals surface area contributed by atoms with Crippen molar-refractivity contribution < 1.29 is 14.3 Å². The van der Waals surface area contributed by atoms with Crippen molar-refractivity contribution in [2.75, 3.05) is 26.2 Å². The molecule has 0 bridgehead atoms. The number of carbonyl (C=O) groups excluding carboxylic acids is 2. The van der Waals surface area contributed by atoms with Crippen molar-refractivity contribution in [1.82, 2.24) is 20.0 Å². The Morgan fingerprint density at radius 3 is 2.73 bits per heavy atom. The molecule has 7 heteroatoms. The maximum Gasteiger partial charge on any atom is 0.258 e. The van der Waals surface area contributed by atoms with E-state index in [0.717, 1.165) is 35.4 Å². The molecule has 0 radical (unpaired) electrons. The highest BCUT2D eigenvalue weighted by atomic mass is 16.5. The van der Waals surface area contributed by atoms with Crippen molar-refractivity contribution in [1.29, 1.82) is 0 Å². The molecule has 3 aliphatic rings. The molecule has 1 aliphatic heterocycles. The third-order valence-electron chi connectivity index (χ3n) is 7.96. The summed E-state index contributed by atoms with van der Waals surface area (Å²) in [6, 6.07) is 16.2. The number of benzene rings is 2. The molecule has 210 valence electrons. The van der Waals surface area contributed by atoms with Crippen LogP contribution in [0.5, 0.6) is 5.75 Å². The number of ether oxygens (including phenoxy) is 1. The summed E-state index contributed by atoms with van der Waals surface area (Å²) >= 11 is 0. The van der Waals surface area contributed by atoms with Crippen LogP contribution >= 0.6 is 0 Å². The number of likely N-dealkylation sites (tertiary alicyclic amines) is 1. The van der Waals surface area contributed by atoms with Gasteiger partial charge in [0.05, 0.1) is 24.9 Å². The molecule has 1 N–H and O–H groups in total. The van der Waals surface area contributed by atoms with E-state index in [9.17, 15) is 9.59 Å². The van der Waals surface area contributed by atoms with Crippen LogP contribution in [0.1, 0.15) is 59.2 Å². The lowest BCUT2D eigenvalue weighted by Crippen LogP contribution is -2.31. The number of nitrogens with zero attached hydrogens (tertiary/aromatic N) is 3. The van der Waals surface area contributed by atoms with Crippen molar-refractivity contribution >= 4 is 17.8 Å². The molecule has 1 amide bonds. The summed E-state index contributed by atoms with van der Waals surface area (Å²) in [4.78, 5) is 28.4. The van der Waals surface area contributed by atoms with Gasteiger partial charge in [0.2, 0.25) is 0 Å². The van der Waals surface area contributed by atoms with E-state index in [1.165, 1.54) is 37.9 Å². The Bertz CT molecular complexity index is 1510. The third kappa shape index (κ3) is 6.74. The summed E-state index contributed by atoms with van der Waals surface area (Å²) in [5.41, 5.74) is 6.12. The van der Waals surface area contributed by atoms with Crippen molar-refractivity contribution in [3.05, 3.63) is 112 Å². The maximum atomic E-state index is 13.0. The fourth-order valence-electron chi connectivity index (χ4n) is 5.74. The first kappa shape index (κ1) is 27.0. The van der Waals surface area contributed by atoms with Crippen molar-refractivity contribution in [3.63, 3.8) is 0 Å². The van der Waals surface area contributed by atoms with Gasteiger partial charge in [-0.15, -0.1) is 0 Å². The van der Waals surface area contributed by atoms with Crippen LogP contribution in [0.2, 0.25) is 0 Å². The number of ketones is 1. The van der Waals surface area contributed by atoms with Crippen LogP contribution in [0.4, 0.5) is 0 Å². The molecule has 0 saturated carbocycles. The Morgan fingerprint density at radius 2 is 1.88 bits per heavy atom. The smallest absolute Gasteiger partial charge is 0.258 e. The highest BCUT2D eigenvalue weighted by Gasteiger charge is 2.24. The number of carbonyl (C=O) groups is 2. The first-order valence-corrected chi connectivity index (χ1v) is 14.6. The molecule has 0 atom stereocenters. The molecule has 2 heterocycles. The minimum Gasteiger partial charge on any atom is -0.494 e. The molecule has 7 nitrogen and oxygen atoms in total. The highest BCUT2D eigenvalue weighted by Crippen LogP contribution is 2.34. The van der Waals surface area contributed by atoms with E-state index >= 15 is 0 Å². The van der Waals surface area contributed by atoms with E-state index in [4.69, 9.17) is 4.74 Å². The second kappa shape index (κ2) is 12.5. The molecule has 0 unspecified atom stereocenters. The lowest BCUT2D eigenvalue weighted by molar-refractivity contribution is -0.114. The van der Waals surface area contributed by atoms with Gasteiger partial charge < -0.3 is 15.0 Å². The third-order valence-corrected chi connectivity index (χ3v) is 7.96. The Balaban J connectivity index is 1.06. The number of nitrogens with one attached hydrogen (secondary N) is 1. The molecule has 2 aliphatic carbocycles. The first-order valence-electron chi connectivity index (χ1n) is 14.6. The van der Waals surface area contributed by atoms with Gasteiger partial charge in [-0.1, -0.05) is 55.0 Å². The molecule has 1 fully saturated rings. The predicted octanol–water partition coefficient (Wildman–Crippen LogP) is 5.34. The van der Waals surface area contributed by atoms with Crippen LogP contribution in [-0.4, -0.2) is 52.6 Å². The largest absolute Gasteiger partial charge is 0.494 e. The van der Waals surface area contributed by atoms with Gasteiger partial charge in [-0.2, -0.15) is 5.10 Å². The second-order valence-corrected chi connectivity index (χ2v) is 11.0. The Kier molecular flexibility index (Phi) is 8.23. The van der Waals surface area contributed by atoms with Crippen molar-refractivity contribution in [2.45, 2.75) is 45.1 Å². The highest BCUT2D eigenvalue weighted by molar-refractivity contribution is 6.04. The van der Waals surface area contributed by atoms with Gasteiger partial charge in [0.15, 0.2) is 5.78 Å². The summed E-state index contributed by atoms with van der Waals surface area (Å²) in [5.74, 6) is 0.683. The van der Waals surface area contributed by atoms with E-state index in [0.29, 0.717) is 36.4 Å².